The van der Waals surface area contributed by atoms with Gasteiger partial charge in [-0.1, -0.05) is 12.8 Å². The van der Waals surface area contributed by atoms with Gasteiger partial charge in [0.05, 0.1) is 18.1 Å². The Morgan fingerprint density at radius 1 is 1.50 bits per heavy atom. The topological polar surface area (TPSA) is 125 Å². The van der Waals surface area contributed by atoms with Gasteiger partial charge < -0.3 is 15.2 Å². The van der Waals surface area contributed by atoms with Gasteiger partial charge in [0.2, 0.25) is 0 Å². The highest BCUT2D eigenvalue weighted by molar-refractivity contribution is 6.02. The molecule has 0 atom stereocenters. The minimum Gasteiger partial charge on any atom is -0.504 e. The van der Waals surface area contributed by atoms with Gasteiger partial charge in [0.25, 0.3) is 11.6 Å². The van der Waals surface area contributed by atoms with E-state index >= 15 is 0 Å². The predicted octanol–water partition coefficient (Wildman–Crippen LogP) is 2.27. The average molecular weight is 331 g/mol. The molecule has 8 heteroatoms. The number of rotatable bonds is 5. The number of hydrogen-bond acceptors (Lipinski definition) is 6. The van der Waals surface area contributed by atoms with E-state index in [1.807, 2.05) is 0 Å². The minimum atomic E-state index is -0.649. The SMILES string of the molecule is COc1cc([N+](=O)[O-])cc(/C=C(/C#N)C(=O)NC2CCCC2)c1O. The number of aromatic hydroxyl groups is 1. The molecular formula is C16H17N3O5. The van der Waals surface area contributed by atoms with Crippen molar-refractivity contribution in [3.63, 3.8) is 0 Å². The summed E-state index contributed by atoms with van der Waals surface area (Å²) >= 11 is 0. The molecule has 1 aliphatic rings. The van der Waals surface area contributed by atoms with Crippen LogP contribution in [-0.2, 0) is 4.79 Å². The standard InChI is InChI=1S/C16H17N3O5/c1-24-14-8-13(19(22)23)7-10(15(14)20)6-11(9-17)16(21)18-12-4-2-3-5-12/h6-8,12,20H,2-5H2,1H3,(H,18,21)/b11-6-. The molecule has 2 N–H and O–H groups in total. The van der Waals surface area contributed by atoms with E-state index in [9.17, 15) is 25.3 Å². The highest BCUT2D eigenvalue weighted by atomic mass is 16.6. The van der Waals surface area contributed by atoms with Gasteiger partial charge in [-0.05, 0) is 18.9 Å². The molecule has 1 aliphatic carbocycles. The largest absolute Gasteiger partial charge is 0.504 e. The van der Waals surface area contributed by atoms with Crippen LogP contribution in [-0.4, -0.2) is 29.1 Å². The van der Waals surface area contributed by atoms with Gasteiger partial charge in [0, 0.05) is 17.7 Å². The lowest BCUT2D eigenvalue weighted by molar-refractivity contribution is -0.385. The van der Waals surface area contributed by atoms with Crippen LogP contribution in [0.2, 0.25) is 0 Å². The summed E-state index contributed by atoms with van der Waals surface area (Å²) in [7, 11) is 1.25. The number of nitro groups is 1. The van der Waals surface area contributed by atoms with E-state index in [2.05, 4.69) is 5.32 Å². The fraction of sp³-hybridized carbons (Fsp3) is 0.375. The Labute approximate surface area is 138 Å². The Hall–Kier alpha value is -3.08. The van der Waals surface area contributed by atoms with Crippen molar-refractivity contribution in [1.29, 1.82) is 5.26 Å². The Kier molecular flexibility index (Phi) is 5.37. The number of nitrogens with one attached hydrogen (secondary N) is 1. The van der Waals surface area contributed by atoms with Crippen molar-refractivity contribution in [3.05, 3.63) is 33.4 Å². The molecular weight excluding hydrogens is 314 g/mol. The van der Waals surface area contributed by atoms with Gasteiger partial charge in [0.1, 0.15) is 11.6 Å². The fourth-order valence-electron chi connectivity index (χ4n) is 2.62. The molecule has 126 valence electrons. The smallest absolute Gasteiger partial charge is 0.274 e. The van der Waals surface area contributed by atoms with Gasteiger partial charge in [-0.3, -0.25) is 14.9 Å². The van der Waals surface area contributed by atoms with Crippen LogP contribution >= 0.6 is 0 Å². The van der Waals surface area contributed by atoms with E-state index in [-0.39, 0.29) is 34.4 Å². The molecule has 8 nitrogen and oxygen atoms in total. The number of carbonyl (C=O) groups excluding carboxylic acids is 1. The number of amides is 1. The number of carbonyl (C=O) groups is 1. The predicted molar refractivity (Wildman–Crippen MR) is 85.3 cm³/mol. The molecule has 0 aromatic heterocycles. The van der Waals surface area contributed by atoms with Crippen molar-refractivity contribution < 1.29 is 19.6 Å². The number of nitrogens with zero attached hydrogens (tertiary/aromatic N) is 2. The van der Waals surface area contributed by atoms with E-state index in [1.54, 1.807) is 6.07 Å². The number of non-ortho nitro benzene ring substituents is 1. The number of phenolic OH excluding ortho intramolecular Hbond substituents is 1. The number of nitro benzene ring substituents is 1. The summed E-state index contributed by atoms with van der Waals surface area (Å²) in [5, 5.41) is 33.0. The van der Waals surface area contributed by atoms with Gasteiger partial charge in [-0.25, -0.2) is 0 Å². The third-order valence-electron chi connectivity index (χ3n) is 3.88. The molecule has 24 heavy (non-hydrogen) atoms. The molecule has 0 aliphatic heterocycles. The van der Waals surface area contributed by atoms with Crippen molar-refractivity contribution >= 4 is 17.7 Å². The van der Waals surface area contributed by atoms with Crippen LogP contribution in [0.15, 0.2) is 17.7 Å². The molecule has 1 aromatic rings. The summed E-state index contributed by atoms with van der Waals surface area (Å²) in [6.45, 7) is 0. The molecule has 1 fully saturated rings. The van der Waals surface area contributed by atoms with E-state index in [0.717, 1.165) is 43.9 Å². The number of ether oxygens (including phenoxy) is 1. The molecule has 0 spiro atoms. The lowest BCUT2D eigenvalue weighted by Gasteiger charge is -2.11. The zero-order valence-corrected chi connectivity index (χ0v) is 13.1. The first-order valence-corrected chi connectivity index (χ1v) is 7.44. The maximum absolute atomic E-state index is 12.2. The fourth-order valence-corrected chi connectivity index (χ4v) is 2.62. The third-order valence-corrected chi connectivity index (χ3v) is 3.88. The van der Waals surface area contributed by atoms with Crippen molar-refractivity contribution in [1.82, 2.24) is 5.32 Å². The monoisotopic (exact) mass is 331 g/mol. The first-order chi connectivity index (χ1) is 11.5. The lowest BCUT2D eigenvalue weighted by atomic mass is 10.1. The molecule has 1 aromatic carbocycles. The molecule has 1 amide bonds. The Morgan fingerprint density at radius 2 is 2.17 bits per heavy atom. The molecule has 2 rings (SSSR count). The lowest BCUT2D eigenvalue weighted by Crippen LogP contribution is -2.33. The van der Waals surface area contributed by atoms with Crippen molar-refractivity contribution in [2.24, 2.45) is 0 Å². The first kappa shape index (κ1) is 17.3. The second-order valence-corrected chi connectivity index (χ2v) is 5.47. The summed E-state index contributed by atoms with van der Waals surface area (Å²) in [6, 6.07) is 3.94. The molecule has 0 unspecified atom stereocenters. The Bertz CT molecular complexity index is 730. The molecule has 0 bridgehead atoms. The van der Waals surface area contributed by atoms with E-state index in [0.29, 0.717) is 0 Å². The summed E-state index contributed by atoms with van der Waals surface area (Å²) in [6.07, 6.45) is 4.90. The van der Waals surface area contributed by atoms with Crippen molar-refractivity contribution in [3.8, 4) is 17.6 Å². The van der Waals surface area contributed by atoms with E-state index in [1.165, 1.54) is 7.11 Å². The van der Waals surface area contributed by atoms with E-state index in [4.69, 9.17) is 4.74 Å². The van der Waals surface area contributed by atoms with Crippen LogP contribution in [0.3, 0.4) is 0 Å². The van der Waals surface area contributed by atoms with E-state index < -0.39 is 10.8 Å². The summed E-state index contributed by atoms with van der Waals surface area (Å²) in [4.78, 5) is 22.5. The van der Waals surface area contributed by atoms with Crippen LogP contribution in [0.1, 0.15) is 31.2 Å². The van der Waals surface area contributed by atoms with Crippen molar-refractivity contribution in [2.45, 2.75) is 31.7 Å². The van der Waals surface area contributed by atoms with Crippen LogP contribution in [0.4, 0.5) is 5.69 Å². The Balaban J connectivity index is 2.35. The number of benzene rings is 1. The number of methoxy groups -OCH3 is 1. The average Bonchev–Trinajstić information content (AvgIpc) is 3.06. The third kappa shape index (κ3) is 3.81. The van der Waals surface area contributed by atoms with Crippen LogP contribution in [0.5, 0.6) is 11.5 Å². The second kappa shape index (κ2) is 7.46. The summed E-state index contributed by atoms with van der Waals surface area (Å²) in [5.74, 6) is -1.04. The van der Waals surface area contributed by atoms with Gasteiger partial charge in [0.15, 0.2) is 11.5 Å². The van der Waals surface area contributed by atoms with Gasteiger partial charge in [-0.15, -0.1) is 0 Å². The molecule has 0 radical (unpaired) electrons. The van der Waals surface area contributed by atoms with Gasteiger partial charge in [-0.2, -0.15) is 5.26 Å². The second-order valence-electron chi connectivity index (χ2n) is 5.47. The first-order valence-electron chi connectivity index (χ1n) is 7.44. The quantitative estimate of drug-likeness (QED) is 0.369. The number of nitriles is 1. The highest BCUT2D eigenvalue weighted by Crippen LogP contribution is 2.35. The summed E-state index contributed by atoms with van der Waals surface area (Å²) in [5.41, 5.74) is -0.580. The molecule has 1 saturated carbocycles. The maximum atomic E-state index is 12.2. The Morgan fingerprint density at radius 3 is 2.71 bits per heavy atom. The van der Waals surface area contributed by atoms with Crippen LogP contribution in [0.25, 0.3) is 6.08 Å². The molecule has 0 saturated heterocycles. The maximum Gasteiger partial charge on any atom is 0.274 e. The van der Waals surface area contributed by atoms with Crippen LogP contribution in [0, 0.1) is 21.4 Å². The normalized spacial score (nSPS) is 14.9. The van der Waals surface area contributed by atoms with Crippen LogP contribution < -0.4 is 10.1 Å². The molecule has 0 heterocycles. The zero-order valence-electron chi connectivity index (χ0n) is 13.1. The van der Waals surface area contributed by atoms with Gasteiger partial charge >= 0.3 is 0 Å². The highest BCUT2D eigenvalue weighted by Gasteiger charge is 2.21. The minimum absolute atomic E-state index is 0.0285. The number of phenols is 1. The van der Waals surface area contributed by atoms with Crippen molar-refractivity contribution in [2.75, 3.05) is 7.11 Å². The number of hydrogen-bond donors (Lipinski definition) is 2. The zero-order chi connectivity index (χ0) is 17.7. The summed E-state index contributed by atoms with van der Waals surface area (Å²) < 4.78 is 4.89.